The lowest BCUT2D eigenvalue weighted by Crippen LogP contribution is -2.21. The van der Waals surface area contributed by atoms with Gasteiger partial charge in [-0.25, -0.2) is 0 Å². The second kappa shape index (κ2) is 11.1. The molecule has 0 spiro atoms. The molecule has 7 heteroatoms. The predicted molar refractivity (Wildman–Crippen MR) is 126 cm³/mol. The Morgan fingerprint density at radius 3 is 2.38 bits per heavy atom. The summed E-state index contributed by atoms with van der Waals surface area (Å²) in [5, 5.41) is 2.80. The Kier molecular flexibility index (Phi) is 7.55. The molecule has 1 heterocycles. The fraction of sp³-hybridized carbons (Fsp3) is 0.222. The first-order valence-corrected chi connectivity index (χ1v) is 11.1. The van der Waals surface area contributed by atoms with Gasteiger partial charge in [-0.1, -0.05) is 48.5 Å². The molecule has 0 atom stereocenters. The predicted octanol–water partition coefficient (Wildman–Crippen LogP) is 4.19. The highest BCUT2D eigenvalue weighted by Crippen LogP contribution is 2.31. The van der Waals surface area contributed by atoms with Crippen LogP contribution in [0.25, 0.3) is 0 Å². The summed E-state index contributed by atoms with van der Waals surface area (Å²) < 4.78 is 16.0. The van der Waals surface area contributed by atoms with Crippen molar-refractivity contribution in [1.82, 2.24) is 0 Å². The number of Topliss-reactive ketones (excluding diaryl/α,β-unsaturated/α-hetero) is 1. The van der Waals surface area contributed by atoms with E-state index < -0.39 is 18.5 Å². The first kappa shape index (κ1) is 23.0. The lowest BCUT2D eigenvalue weighted by atomic mass is 10.0. The van der Waals surface area contributed by atoms with Crippen LogP contribution < -0.4 is 14.8 Å². The molecule has 1 aliphatic rings. The molecule has 0 saturated heterocycles. The van der Waals surface area contributed by atoms with Crippen LogP contribution >= 0.6 is 0 Å². The molecule has 174 valence electrons. The van der Waals surface area contributed by atoms with Gasteiger partial charge in [0.15, 0.2) is 23.9 Å². The summed E-state index contributed by atoms with van der Waals surface area (Å²) in [6.07, 6.45) is 0.518. The van der Waals surface area contributed by atoms with Crippen molar-refractivity contribution in [2.24, 2.45) is 0 Å². The zero-order valence-corrected chi connectivity index (χ0v) is 18.6. The number of para-hydroxylation sites is 1. The zero-order valence-electron chi connectivity index (χ0n) is 18.6. The molecule has 4 rings (SSSR count). The second-order valence-electron chi connectivity index (χ2n) is 7.81. The number of fused-ring (bicyclic) bond motifs is 1. The minimum absolute atomic E-state index is 0.0278. The van der Waals surface area contributed by atoms with E-state index in [0.29, 0.717) is 42.4 Å². The first-order valence-electron chi connectivity index (χ1n) is 11.1. The molecule has 0 unspecified atom stereocenters. The van der Waals surface area contributed by atoms with E-state index in [0.717, 1.165) is 11.1 Å². The van der Waals surface area contributed by atoms with Crippen LogP contribution in [0.15, 0.2) is 72.8 Å². The molecule has 3 aromatic carbocycles. The Balaban J connectivity index is 1.24. The van der Waals surface area contributed by atoms with Gasteiger partial charge in [0.25, 0.3) is 5.91 Å². The van der Waals surface area contributed by atoms with E-state index in [4.69, 9.17) is 14.2 Å². The van der Waals surface area contributed by atoms with E-state index in [1.807, 2.05) is 54.6 Å². The molecule has 0 saturated carbocycles. The SMILES string of the molecule is O=C(COC(=O)CCC(=O)c1ccc2c(c1)OCCO2)Nc1ccccc1Cc1ccccc1. The van der Waals surface area contributed by atoms with Crippen molar-refractivity contribution in [3.63, 3.8) is 0 Å². The summed E-state index contributed by atoms with van der Waals surface area (Å²) in [7, 11) is 0. The molecule has 0 aliphatic carbocycles. The van der Waals surface area contributed by atoms with E-state index >= 15 is 0 Å². The zero-order chi connectivity index (χ0) is 23.8. The topological polar surface area (TPSA) is 90.9 Å². The average molecular weight is 459 g/mol. The molecule has 0 aromatic heterocycles. The standard InChI is InChI=1S/C27H25NO6/c29-23(21-10-12-24-25(17-21)33-15-14-32-24)11-13-27(31)34-18-26(30)28-22-9-5-4-8-20(22)16-19-6-2-1-3-7-19/h1-10,12,17H,11,13-16,18H2,(H,28,30). The molecule has 0 fully saturated rings. The van der Waals surface area contributed by atoms with Crippen LogP contribution in [-0.2, 0) is 20.7 Å². The number of nitrogens with one attached hydrogen (secondary N) is 1. The number of hydrogen-bond donors (Lipinski definition) is 1. The summed E-state index contributed by atoms with van der Waals surface area (Å²) in [6, 6.07) is 22.4. The minimum Gasteiger partial charge on any atom is -0.486 e. The highest BCUT2D eigenvalue weighted by Gasteiger charge is 2.17. The Bertz CT molecular complexity index is 1170. The third-order valence-electron chi connectivity index (χ3n) is 5.31. The van der Waals surface area contributed by atoms with Crippen molar-refractivity contribution < 1.29 is 28.6 Å². The Morgan fingerprint density at radius 2 is 1.56 bits per heavy atom. The van der Waals surface area contributed by atoms with Crippen LogP contribution in [-0.4, -0.2) is 37.5 Å². The monoisotopic (exact) mass is 459 g/mol. The number of rotatable bonds is 9. The molecular weight excluding hydrogens is 434 g/mol. The summed E-state index contributed by atoms with van der Waals surface area (Å²) >= 11 is 0. The molecule has 0 radical (unpaired) electrons. The van der Waals surface area contributed by atoms with Crippen LogP contribution in [0.3, 0.4) is 0 Å². The molecule has 1 amide bonds. The maximum atomic E-state index is 12.4. The van der Waals surface area contributed by atoms with Gasteiger partial charge in [0, 0.05) is 17.7 Å². The number of amides is 1. The largest absolute Gasteiger partial charge is 0.486 e. The Hall–Kier alpha value is -4.13. The summed E-state index contributed by atoms with van der Waals surface area (Å²) in [5.41, 5.74) is 3.18. The highest BCUT2D eigenvalue weighted by atomic mass is 16.6. The van der Waals surface area contributed by atoms with Gasteiger partial charge in [-0.15, -0.1) is 0 Å². The fourth-order valence-electron chi connectivity index (χ4n) is 3.59. The van der Waals surface area contributed by atoms with Gasteiger partial charge in [0.2, 0.25) is 0 Å². The van der Waals surface area contributed by atoms with E-state index in [1.54, 1.807) is 18.2 Å². The smallest absolute Gasteiger partial charge is 0.306 e. The lowest BCUT2D eigenvalue weighted by molar-refractivity contribution is -0.147. The number of carbonyl (C=O) groups excluding carboxylic acids is 3. The van der Waals surface area contributed by atoms with E-state index in [2.05, 4.69) is 5.32 Å². The van der Waals surface area contributed by atoms with Crippen molar-refractivity contribution in [2.45, 2.75) is 19.3 Å². The van der Waals surface area contributed by atoms with Gasteiger partial charge in [0.1, 0.15) is 13.2 Å². The summed E-state index contributed by atoms with van der Waals surface area (Å²) in [5.74, 6) is -0.152. The van der Waals surface area contributed by atoms with Crippen molar-refractivity contribution in [2.75, 3.05) is 25.1 Å². The average Bonchev–Trinajstić information content (AvgIpc) is 2.87. The van der Waals surface area contributed by atoms with Crippen molar-refractivity contribution in [1.29, 1.82) is 0 Å². The summed E-state index contributed by atoms with van der Waals surface area (Å²) in [4.78, 5) is 36.8. The maximum absolute atomic E-state index is 12.4. The second-order valence-corrected chi connectivity index (χ2v) is 7.81. The Labute approximate surface area is 197 Å². The molecule has 1 N–H and O–H groups in total. The van der Waals surface area contributed by atoms with Crippen LogP contribution in [0.1, 0.15) is 34.3 Å². The third-order valence-corrected chi connectivity index (χ3v) is 5.31. The van der Waals surface area contributed by atoms with Crippen LogP contribution in [0.2, 0.25) is 0 Å². The van der Waals surface area contributed by atoms with Crippen molar-refractivity contribution >= 4 is 23.3 Å². The normalized spacial score (nSPS) is 12.0. The van der Waals surface area contributed by atoms with Crippen molar-refractivity contribution in [3.8, 4) is 11.5 Å². The number of ketones is 1. The fourth-order valence-corrected chi connectivity index (χ4v) is 3.59. The van der Waals surface area contributed by atoms with Crippen molar-refractivity contribution in [3.05, 3.63) is 89.5 Å². The van der Waals surface area contributed by atoms with Gasteiger partial charge < -0.3 is 19.5 Å². The molecule has 1 aliphatic heterocycles. The minimum atomic E-state index is -0.612. The quantitative estimate of drug-likeness (QED) is 0.381. The van der Waals surface area contributed by atoms with Crippen LogP contribution in [0, 0.1) is 0 Å². The third kappa shape index (κ3) is 6.22. The lowest BCUT2D eigenvalue weighted by Gasteiger charge is -2.18. The van der Waals surface area contributed by atoms with E-state index in [9.17, 15) is 14.4 Å². The Morgan fingerprint density at radius 1 is 0.824 bits per heavy atom. The van der Waals surface area contributed by atoms with Crippen LogP contribution in [0.5, 0.6) is 11.5 Å². The maximum Gasteiger partial charge on any atom is 0.306 e. The molecular formula is C27H25NO6. The number of anilines is 1. The number of benzene rings is 3. The van der Waals surface area contributed by atoms with Gasteiger partial charge in [-0.2, -0.15) is 0 Å². The number of esters is 1. The number of ether oxygens (including phenoxy) is 3. The molecule has 0 bridgehead atoms. The van der Waals surface area contributed by atoms with Gasteiger partial charge in [0.05, 0.1) is 6.42 Å². The molecule has 3 aromatic rings. The van der Waals surface area contributed by atoms with Gasteiger partial charge in [-0.05, 0) is 41.8 Å². The molecule has 34 heavy (non-hydrogen) atoms. The number of carbonyl (C=O) groups is 3. The van der Waals surface area contributed by atoms with Gasteiger partial charge >= 0.3 is 5.97 Å². The summed E-state index contributed by atoms with van der Waals surface area (Å²) in [6.45, 7) is 0.477. The van der Waals surface area contributed by atoms with Crippen LogP contribution in [0.4, 0.5) is 5.69 Å². The number of hydrogen-bond acceptors (Lipinski definition) is 6. The highest BCUT2D eigenvalue weighted by molar-refractivity contribution is 5.98. The first-order chi connectivity index (χ1) is 16.6. The van der Waals surface area contributed by atoms with E-state index in [1.165, 1.54) is 0 Å². The molecule has 7 nitrogen and oxygen atoms in total. The van der Waals surface area contributed by atoms with E-state index in [-0.39, 0.29) is 18.6 Å². The van der Waals surface area contributed by atoms with Gasteiger partial charge in [-0.3, -0.25) is 14.4 Å².